The van der Waals surface area contributed by atoms with Crippen molar-refractivity contribution >= 4 is 33.2 Å². The maximum absolute atomic E-state index is 11.9. The Hall–Kier alpha value is -2.06. The monoisotopic (exact) mass is 354 g/mol. The minimum Gasteiger partial charge on any atom is -0.334 e. The number of rotatable bonds is 3. The molecule has 0 saturated carbocycles. The maximum Gasteiger partial charge on any atom is 0.319 e. The third-order valence-corrected chi connectivity index (χ3v) is 5.60. The summed E-state index contributed by atoms with van der Waals surface area (Å²) in [6.07, 6.45) is 3.85. The molecule has 0 aliphatic carbocycles. The van der Waals surface area contributed by atoms with Crippen molar-refractivity contribution in [1.29, 1.82) is 0 Å². The number of nitrogens with one attached hydrogen (secondary N) is 2. The van der Waals surface area contributed by atoms with E-state index in [0.717, 1.165) is 0 Å². The van der Waals surface area contributed by atoms with Crippen molar-refractivity contribution in [3.05, 3.63) is 41.7 Å². The zero-order valence-corrected chi connectivity index (χ0v) is 13.6. The minimum atomic E-state index is -3.02. The Morgan fingerprint density at radius 2 is 2.22 bits per heavy atom. The summed E-state index contributed by atoms with van der Waals surface area (Å²) >= 11 is 6.20. The van der Waals surface area contributed by atoms with Crippen molar-refractivity contribution < 1.29 is 13.2 Å². The smallest absolute Gasteiger partial charge is 0.319 e. The van der Waals surface area contributed by atoms with Gasteiger partial charge in [-0.1, -0.05) is 11.6 Å². The second kappa shape index (κ2) is 6.21. The first kappa shape index (κ1) is 15.8. The van der Waals surface area contributed by atoms with Gasteiger partial charge in [0.2, 0.25) is 0 Å². The number of carbonyl (C=O) groups is 1. The van der Waals surface area contributed by atoms with Crippen LogP contribution >= 0.6 is 11.6 Å². The van der Waals surface area contributed by atoms with E-state index in [9.17, 15) is 13.2 Å². The molecule has 2 N–H and O–H groups in total. The lowest BCUT2D eigenvalue weighted by Crippen LogP contribution is -2.38. The maximum atomic E-state index is 11.9. The summed E-state index contributed by atoms with van der Waals surface area (Å²) in [5.41, 5.74) is 1.22. The standard InChI is InChI=1S/C14H15ClN4O3S/c15-12-8-10(2-3-13(12)19-6-1-5-16-19)17-14(20)18-11-4-7-23(21,22)9-11/h1-3,5-6,8,11H,4,7,9H2,(H2,17,18,20). The van der Waals surface area contributed by atoms with Crippen molar-refractivity contribution in [3.8, 4) is 5.69 Å². The van der Waals surface area contributed by atoms with Crippen LogP contribution in [-0.2, 0) is 9.84 Å². The molecule has 1 aliphatic rings. The molecule has 1 fully saturated rings. The highest BCUT2D eigenvalue weighted by Gasteiger charge is 2.28. The number of halogens is 1. The molecule has 1 atom stereocenters. The van der Waals surface area contributed by atoms with E-state index in [1.165, 1.54) is 0 Å². The quantitative estimate of drug-likeness (QED) is 0.879. The molecule has 1 aromatic heterocycles. The number of sulfone groups is 1. The van der Waals surface area contributed by atoms with Gasteiger partial charge < -0.3 is 10.6 Å². The Morgan fingerprint density at radius 1 is 1.39 bits per heavy atom. The highest BCUT2D eigenvalue weighted by molar-refractivity contribution is 7.91. The van der Waals surface area contributed by atoms with E-state index < -0.39 is 15.9 Å². The predicted octanol–water partition coefficient (Wildman–Crippen LogP) is 1.83. The summed E-state index contributed by atoms with van der Waals surface area (Å²) in [7, 11) is -3.02. The molecule has 0 radical (unpaired) electrons. The number of urea groups is 1. The van der Waals surface area contributed by atoms with Gasteiger partial charge in [-0.2, -0.15) is 5.10 Å². The molecular weight excluding hydrogens is 340 g/mol. The second-order valence-corrected chi connectivity index (χ2v) is 7.95. The van der Waals surface area contributed by atoms with Crippen LogP contribution in [0.15, 0.2) is 36.7 Å². The SMILES string of the molecule is O=C(Nc1ccc(-n2cccn2)c(Cl)c1)NC1CCS(=O)(=O)C1. The van der Waals surface area contributed by atoms with Crippen molar-refractivity contribution in [2.45, 2.75) is 12.5 Å². The van der Waals surface area contributed by atoms with E-state index in [2.05, 4.69) is 15.7 Å². The molecule has 2 aromatic rings. The molecule has 0 bridgehead atoms. The Bertz CT molecular complexity index is 821. The average molecular weight is 355 g/mol. The van der Waals surface area contributed by atoms with Gasteiger partial charge in [-0.05, 0) is 30.7 Å². The first-order valence-corrected chi connectivity index (χ1v) is 9.20. The first-order valence-electron chi connectivity index (χ1n) is 7.00. The molecule has 1 saturated heterocycles. The van der Waals surface area contributed by atoms with Crippen LogP contribution in [-0.4, -0.2) is 41.8 Å². The topological polar surface area (TPSA) is 93.1 Å². The van der Waals surface area contributed by atoms with Crippen molar-refractivity contribution in [2.24, 2.45) is 0 Å². The summed E-state index contributed by atoms with van der Waals surface area (Å²) in [5, 5.41) is 9.84. The molecule has 3 rings (SSSR count). The molecule has 0 spiro atoms. The Balaban J connectivity index is 1.64. The second-order valence-electron chi connectivity index (χ2n) is 5.32. The summed E-state index contributed by atoms with van der Waals surface area (Å²) < 4.78 is 24.4. The van der Waals surface area contributed by atoms with Crippen LogP contribution in [0.4, 0.5) is 10.5 Å². The fraction of sp³-hybridized carbons (Fsp3) is 0.286. The van der Waals surface area contributed by atoms with Crippen LogP contribution in [0.5, 0.6) is 0 Å². The summed E-state index contributed by atoms with van der Waals surface area (Å²) in [6.45, 7) is 0. The van der Waals surface area contributed by atoms with Crippen LogP contribution in [0.3, 0.4) is 0 Å². The zero-order chi connectivity index (χ0) is 16.4. The summed E-state index contributed by atoms with van der Waals surface area (Å²) in [6, 6.07) is 6.04. The van der Waals surface area contributed by atoms with E-state index in [4.69, 9.17) is 11.6 Å². The molecule has 1 aliphatic heterocycles. The number of amides is 2. The minimum absolute atomic E-state index is 0.0145. The van der Waals surface area contributed by atoms with Gasteiger partial charge in [0.05, 0.1) is 22.2 Å². The largest absolute Gasteiger partial charge is 0.334 e. The van der Waals surface area contributed by atoms with Crippen molar-refractivity contribution in [2.75, 3.05) is 16.8 Å². The van der Waals surface area contributed by atoms with Gasteiger partial charge in [-0.15, -0.1) is 0 Å². The van der Waals surface area contributed by atoms with Crippen LogP contribution in [0, 0.1) is 0 Å². The number of nitrogens with zero attached hydrogens (tertiary/aromatic N) is 2. The van der Waals surface area contributed by atoms with Crippen LogP contribution in [0.25, 0.3) is 5.69 Å². The summed E-state index contributed by atoms with van der Waals surface area (Å²) in [5.74, 6) is 0.0990. The molecule has 9 heteroatoms. The van der Waals surface area contributed by atoms with Gasteiger partial charge in [-0.3, -0.25) is 0 Å². The van der Waals surface area contributed by atoms with E-state index in [1.54, 1.807) is 41.3 Å². The zero-order valence-electron chi connectivity index (χ0n) is 12.1. The number of hydrogen-bond acceptors (Lipinski definition) is 4. The molecule has 1 unspecified atom stereocenters. The highest BCUT2D eigenvalue weighted by atomic mass is 35.5. The molecule has 122 valence electrons. The Kier molecular flexibility index (Phi) is 4.27. The van der Waals surface area contributed by atoms with Gasteiger partial charge in [0.25, 0.3) is 0 Å². The average Bonchev–Trinajstić information content (AvgIpc) is 3.08. The normalized spacial score (nSPS) is 19.4. The molecule has 2 heterocycles. The number of carbonyl (C=O) groups excluding carboxylic acids is 1. The Labute approximate surface area is 138 Å². The number of hydrogen-bond donors (Lipinski definition) is 2. The van der Waals surface area contributed by atoms with Crippen molar-refractivity contribution in [3.63, 3.8) is 0 Å². The van der Waals surface area contributed by atoms with Gasteiger partial charge >= 0.3 is 6.03 Å². The van der Waals surface area contributed by atoms with Gasteiger partial charge in [0, 0.05) is 24.1 Å². The fourth-order valence-electron chi connectivity index (χ4n) is 2.44. The lowest BCUT2D eigenvalue weighted by molar-refractivity contribution is 0.249. The molecule has 23 heavy (non-hydrogen) atoms. The number of aromatic nitrogens is 2. The molecule has 2 amide bonds. The van der Waals surface area contributed by atoms with Crippen LogP contribution in [0.1, 0.15) is 6.42 Å². The van der Waals surface area contributed by atoms with E-state index in [1.807, 2.05) is 0 Å². The molecular formula is C14H15ClN4O3S. The van der Waals surface area contributed by atoms with E-state index >= 15 is 0 Å². The van der Waals surface area contributed by atoms with Crippen molar-refractivity contribution in [1.82, 2.24) is 15.1 Å². The van der Waals surface area contributed by atoms with Crippen LogP contribution < -0.4 is 10.6 Å². The number of anilines is 1. The van der Waals surface area contributed by atoms with Gasteiger partial charge in [0.15, 0.2) is 9.84 Å². The van der Waals surface area contributed by atoms with Gasteiger partial charge in [-0.25, -0.2) is 17.9 Å². The third kappa shape index (κ3) is 3.83. The third-order valence-electron chi connectivity index (χ3n) is 3.52. The molecule has 7 nitrogen and oxygen atoms in total. The summed E-state index contributed by atoms with van der Waals surface area (Å²) in [4.78, 5) is 11.9. The number of benzene rings is 1. The Morgan fingerprint density at radius 3 is 2.83 bits per heavy atom. The highest BCUT2D eigenvalue weighted by Crippen LogP contribution is 2.24. The van der Waals surface area contributed by atoms with E-state index in [0.29, 0.717) is 22.8 Å². The fourth-order valence-corrected chi connectivity index (χ4v) is 4.38. The van der Waals surface area contributed by atoms with Crippen LogP contribution in [0.2, 0.25) is 5.02 Å². The van der Waals surface area contributed by atoms with E-state index in [-0.39, 0.29) is 17.5 Å². The predicted molar refractivity (Wildman–Crippen MR) is 87.8 cm³/mol. The lowest BCUT2D eigenvalue weighted by Gasteiger charge is -2.13. The molecule has 1 aromatic carbocycles. The first-order chi connectivity index (χ1) is 10.9. The van der Waals surface area contributed by atoms with Gasteiger partial charge in [0.1, 0.15) is 0 Å². The lowest BCUT2D eigenvalue weighted by atomic mass is 10.2.